The van der Waals surface area contributed by atoms with Crippen molar-refractivity contribution in [2.45, 2.75) is 44.5 Å². The van der Waals surface area contributed by atoms with Crippen molar-refractivity contribution in [1.82, 2.24) is 4.72 Å². The summed E-state index contributed by atoms with van der Waals surface area (Å²) < 4.78 is 25.2. The molecule has 0 heterocycles. The van der Waals surface area contributed by atoms with Crippen LogP contribution in [-0.4, -0.2) is 25.0 Å². The summed E-state index contributed by atoms with van der Waals surface area (Å²) in [4.78, 5) is 0.340. The van der Waals surface area contributed by atoms with Gasteiger partial charge in [-0.15, -0.1) is 0 Å². The van der Waals surface area contributed by atoms with E-state index in [0.29, 0.717) is 11.2 Å². The minimum atomic E-state index is -3.05. The summed E-state index contributed by atoms with van der Waals surface area (Å²) >= 11 is 3.39. The van der Waals surface area contributed by atoms with Gasteiger partial charge in [0.1, 0.15) is 0 Å². The Morgan fingerprint density at radius 3 is 2.31 bits per heavy atom. The molecule has 80 valence electrons. The summed E-state index contributed by atoms with van der Waals surface area (Å²) in [6, 6.07) is 0.00549. The summed E-state index contributed by atoms with van der Waals surface area (Å²) in [5, 5.41) is 0. The molecule has 0 fully saturated rings. The zero-order valence-corrected chi connectivity index (χ0v) is 10.8. The second-order valence-electron chi connectivity index (χ2n) is 3.35. The predicted molar refractivity (Wildman–Crippen MR) is 59.7 cm³/mol. The first-order valence-electron chi connectivity index (χ1n) is 4.51. The Kier molecular flexibility index (Phi) is 6.16. The van der Waals surface area contributed by atoms with E-state index in [0.717, 1.165) is 6.42 Å². The molecule has 0 radical (unpaired) electrons. The molecule has 2 atom stereocenters. The summed E-state index contributed by atoms with van der Waals surface area (Å²) in [6.07, 6.45) is 1.47. The van der Waals surface area contributed by atoms with Gasteiger partial charge < -0.3 is 0 Å². The number of halogens is 1. The lowest BCUT2D eigenvalue weighted by Gasteiger charge is -2.14. The fourth-order valence-electron chi connectivity index (χ4n) is 1.17. The van der Waals surface area contributed by atoms with Crippen LogP contribution >= 0.6 is 15.9 Å². The molecule has 0 aliphatic heterocycles. The molecule has 0 rings (SSSR count). The van der Waals surface area contributed by atoms with E-state index < -0.39 is 10.0 Å². The largest absolute Gasteiger partial charge is 0.212 e. The lowest BCUT2D eigenvalue weighted by Crippen LogP contribution is -2.35. The van der Waals surface area contributed by atoms with Gasteiger partial charge >= 0.3 is 0 Å². The average Bonchev–Trinajstić information content (AvgIpc) is 1.81. The van der Waals surface area contributed by atoms with Gasteiger partial charge in [0, 0.05) is 10.9 Å². The lowest BCUT2D eigenvalue weighted by molar-refractivity contribution is 0.547. The zero-order valence-electron chi connectivity index (χ0n) is 8.38. The molecular weight excluding hydrogens is 254 g/mol. The van der Waals surface area contributed by atoms with Crippen molar-refractivity contribution >= 4 is 26.0 Å². The molecule has 0 amide bonds. The second kappa shape index (κ2) is 5.98. The summed E-state index contributed by atoms with van der Waals surface area (Å²) in [5.41, 5.74) is 0. The third kappa shape index (κ3) is 7.46. The van der Waals surface area contributed by atoms with Crippen LogP contribution in [0.4, 0.5) is 0 Å². The molecule has 2 unspecified atom stereocenters. The highest BCUT2D eigenvalue weighted by Gasteiger charge is 2.14. The third-order valence-electron chi connectivity index (χ3n) is 1.53. The minimum absolute atomic E-state index is 0.00549. The molecule has 0 aromatic heterocycles. The summed E-state index contributed by atoms with van der Waals surface area (Å²) in [6.45, 7) is 5.74. The van der Waals surface area contributed by atoms with Crippen LogP contribution in [0.2, 0.25) is 0 Å². The van der Waals surface area contributed by atoms with Gasteiger partial charge in [-0.1, -0.05) is 29.8 Å². The molecule has 0 aliphatic rings. The van der Waals surface area contributed by atoms with Crippen molar-refractivity contribution in [1.29, 1.82) is 0 Å². The first-order valence-corrected chi connectivity index (χ1v) is 7.08. The fraction of sp³-hybridized carbons (Fsp3) is 1.00. The Morgan fingerprint density at radius 1 is 1.38 bits per heavy atom. The van der Waals surface area contributed by atoms with Gasteiger partial charge in [-0.2, -0.15) is 0 Å². The molecule has 0 aromatic rings. The van der Waals surface area contributed by atoms with Crippen molar-refractivity contribution in [3.8, 4) is 0 Å². The topological polar surface area (TPSA) is 46.2 Å². The molecule has 1 N–H and O–H groups in total. The van der Waals surface area contributed by atoms with Crippen LogP contribution in [0.3, 0.4) is 0 Å². The Hall–Kier alpha value is 0.390. The second-order valence-corrected chi connectivity index (χ2v) is 6.79. The monoisotopic (exact) mass is 271 g/mol. The summed E-state index contributed by atoms with van der Waals surface area (Å²) in [7, 11) is -3.05. The highest BCUT2D eigenvalue weighted by Crippen LogP contribution is 2.07. The van der Waals surface area contributed by atoms with E-state index >= 15 is 0 Å². The molecule has 0 bridgehead atoms. The van der Waals surface area contributed by atoms with Crippen molar-refractivity contribution in [2.24, 2.45) is 0 Å². The zero-order chi connectivity index (χ0) is 10.5. The van der Waals surface area contributed by atoms with E-state index in [1.165, 1.54) is 0 Å². The molecule has 5 heteroatoms. The van der Waals surface area contributed by atoms with Crippen molar-refractivity contribution in [3.05, 3.63) is 0 Å². The van der Waals surface area contributed by atoms with Crippen LogP contribution < -0.4 is 4.72 Å². The van der Waals surface area contributed by atoms with Gasteiger partial charge in [-0.3, -0.25) is 0 Å². The van der Waals surface area contributed by atoms with Gasteiger partial charge in [-0.05, 0) is 19.8 Å². The molecule has 3 nitrogen and oxygen atoms in total. The lowest BCUT2D eigenvalue weighted by atomic mass is 10.2. The quantitative estimate of drug-likeness (QED) is 0.750. The van der Waals surface area contributed by atoms with Crippen molar-refractivity contribution in [2.75, 3.05) is 5.75 Å². The molecular formula is C8H18BrNO2S. The molecule has 0 saturated carbocycles. The van der Waals surface area contributed by atoms with Gasteiger partial charge in [0.2, 0.25) is 10.0 Å². The highest BCUT2D eigenvalue weighted by atomic mass is 79.9. The van der Waals surface area contributed by atoms with Crippen LogP contribution in [0.1, 0.15) is 33.6 Å². The molecule has 0 saturated heterocycles. The highest BCUT2D eigenvalue weighted by molar-refractivity contribution is 9.09. The van der Waals surface area contributed by atoms with E-state index in [9.17, 15) is 8.42 Å². The number of sulfonamides is 1. The standard InChI is InChI=1S/C8H18BrNO2S/c1-4-5-13(11,12)10-8(3)6-7(2)9/h7-8,10H,4-6H2,1-3H3. The molecule has 0 aliphatic carbocycles. The maximum Gasteiger partial charge on any atom is 0.211 e. The van der Waals surface area contributed by atoms with E-state index in [4.69, 9.17) is 0 Å². The molecule has 0 aromatic carbocycles. The minimum Gasteiger partial charge on any atom is -0.212 e. The molecule has 0 spiro atoms. The Balaban J connectivity index is 3.97. The van der Waals surface area contributed by atoms with Crippen molar-refractivity contribution in [3.63, 3.8) is 0 Å². The van der Waals surface area contributed by atoms with E-state index in [1.807, 2.05) is 20.8 Å². The smallest absolute Gasteiger partial charge is 0.211 e. The van der Waals surface area contributed by atoms with E-state index in [-0.39, 0.29) is 11.8 Å². The fourth-order valence-corrected chi connectivity index (χ4v) is 3.09. The number of nitrogens with one attached hydrogen (secondary N) is 1. The SMILES string of the molecule is CCCS(=O)(=O)NC(C)CC(C)Br. The van der Waals surface area contributed by atoms with Gasteiger partial charge in [0.15, 0.2) is 0 Å². The first-order chi connectivity index (χ1) is 5.87. The number of alkyl halides is 1. The number of rotatable bonds is 6. The van der Waals surface area contributed by atoms with Gasteiger partial charge in [0.05, 0.1) is 5.75 Å². The Bertz CT molecular complexity index is 226. The van der Waals surface area contributed by atoms with Crippen LogP contribution in [0.25, 0.3) is 0 Å². The van der Waals surface area contributed by atoms with Crippen LogP contribution in [0, 0.1) is 0 Å². The first kappa shape index (κ1) is 13.4. The third-order valence-corrected chi connectivity index (χ3v) is 3.61. The van der Waals surface area contributed by atoms with Crippen molar-refractivity contribution < 1.29 is 8.42 Å². The van der Waals surface area contributed by atoms with Gasteiger partial charge in [0.25, 0.3) is 0 Å². The van der Waals surface area contributed by atoms with Crippen LogP contribution in [0.5, 0.6) is 0 Å². The van der Waals surface area contributed by atoms with E-state index in [1.54, 1.807) is 0 Å². The summed E-state index contributed by atoms with van der Waals surface area (Å²) in [5.74, 6) is 0.216. The van der Waals surface area contributed by atoms with Crippen LogP contribution in [-0.2, 0) is 10.0 Å². The Labute approximate surface area is 89.5 Å². The van der Waals surface area contributed by atoms with Gasteiger partial charge in [-0.25, -0.2) is 13.1 Å². The van der Waals surface area contributed by atoms with Crippen LogP contribution in [0.15, 0.2) is 0 Å². The number of hydrogen-bond acceptors (Lipinski definition) is 2. The number of hydrogen-bond donors (Lipinski definition) is 1. The maximum absolute atomic E-state index is 11.3. The Morgan fingerprint density at radius 2 is 1.92 bits per heavy atom. The maximum atomic E-state index is 11.3. The molecule has 13 heavy (non-hydrogen) atoms. The normalized spacial score (nSPS) is 16.9. The predicted octanol–water partition coefficient (Wildman–Crippen LogP) is 1.88. The average molecular weight is 272 g/mol. The van der Waals surface area contributed by atoms with E-state index in [2.05, 4.69) is 20.7 Å².